The number of nitrogens with one attached hydrogen (secondary N) is 1. The van der Waals surface area contributed by atoms with E-state index in [0.29, 0.717) is 6.04 Å². The molecule has 1 heteroatoms. The van der Waals surface area contributed by atoms with Crippen LogP contribution in [0.25, 0.3) is 0 Å². The Hall–Kier alpha value is -0.820. The van der Waals surface area contributed by atoms with E-state index < -0.39 is 0 Å². The number of aryl methyl sites for hydroxylation is 1. The molecule has 18 heavy (non-hydrogen) atoms. The van der Waals surface area contributed by atoms with Crippen LogP contribution in [0.15, 0.2) is 24.3 Å². The minimum atomic E-state index is 0.550. The van der Waals surface area contributed by atoms with Crippen LogP contribution in [0.5, 0.6) is 0 Å². The molecule has 0 bridgehead atoms. The van der Waals surface area contributed by atoms with Crippen LogP contribution in [0.2, 0.25) is 0 Å². The van der Waals surface area contributed by atoms with E-state index in [-0.39, 0.29) is 0 Å². The Morgan fingerprint density at radius 2 is 1.83 bits per heavy atom. The fourth-order valence-electron chi connectivity index (χ4n) is 3.42. The van der Waals surface area contributed by atoms with Gasteiger partial charge in [0.1, 0.15) is 0 Å². The van der Waals surface area contributed by atoms with E-state index in [4.69, 9.17) is 0 Å². The smallest absolute Gasteiger partial charge is 0.0348 e. The second-order valence-electron chi connectivity index (χ2n) is 5.84. The summed E-state index contributed by atoms with van der Waals surface area (Å²) in [5, 5.41) is 3.58. The third-order valence-corrected chi connectivity index (χ3v) is 4.61. The first-order valence-corrected chi connectivity index (χ1v) is 7.51. The highest BCUT2D eigenvalue weighted by atomic mass is 14.9. The summed E-state index contributed by atoms with van der Waals surface area (Å²) in [5.74, 6) is 1.75. The van der Waals surface area contributed by atoms with Crippen LogP contribution in [0.3, 0.4) is 0 Å². The Morgan fingerprint density at radius 1 is 1.17 bits per heavy atom. The third-order valence-electron chi connectivity index (χ3n) is 4.61. The van der Waals surface area contributed by atoms with E-state index in [2.05, 4.69) is 50.5 Å². The molecule has 1 N–H and O–H groups in total. The number of hydrogen-bond donors (Lipinski definition) is 1. The number of benzene rings is 1. The van der Waals surface area contributed by atoms with Crippen LogP contribution < -0.4 is 5.32 Å². The molecule has 1 unspecified atom stereocenters. The highest BCUT2D eigenvalue weighted by molar-refractivity contribution is 5.30. The Labute approximate surface area is 112 Å². The molecule has 0 amide bonds. The Morgan fingerprint density at radius 3 is 2.44 bits per heavy atom. The summed E-state index contributed by atoms with van der Waals surface area (Å²) in [7, 11) is 2.12. The van der Waals surface area contributed by atoms with Crippen LogP contribution in [0, 0.1) is 11.8 Å². The maximum Gasteiger partial charge on any atom is 0.0348 e. The molecule has 1 nitrogen and oxygen atoms in total. The molecule has 1 atom stereocenters. The predicted octanol–water partition coefficient (Wildman–Crippen LogP) is 4.34. The Bertz CT molecular complexity index is 364. The van der Waals surface area contributed by atoms with Gasteiger partial charge in [0.2, 0.25) is 0 Å². The van der Waals surface area contributed by atoms with E-state index in [1.807, 2.05) is 0 Å². The molecule has 1 saturated carbocycles. The normalized spacial score (nSPS) is 25.9. The van der Waals surface area contributed by atoms with Gasteiger partial charge in [0.05, 0.1) is 0 Å². The summed E-state index contributed by atoms with van der Waals surface area (Å²) in [6.45, 7) is 4.65. The topological polar surface area (TPSA) is 12.0 Å². The molecule has 1 aliphatic carbocycles. The van der Waals surface area contributed by atoms with E-state index in [9.17, 15) is 0 Å². The molecule has 1 aromatic carbocycles. The maximum atomic E-state index is 3.58. The third kappa shape index (κ3) is 2.95. The second kappa shape index (κ2) is 6.38. The van der Waals surface area contributed by atoms with Crippen LogP contribution >= 0.6 is 0 Å². The standard InChI is InChI=1S/C17H27N/c1-4-14-7-5-6-8-16(14)17(18-3)15-11-9-13(2)10-12-15/h5-8,13,15,17-18H,4,9-12H2,1-3H3. The van der Waals surface area contributed by atoms with Crippen molar-refractivity contribution < 1.29 is 0 Å². The zero-order valence-corrected chi connectivity index (χ0v) is 12.1. The molecule has 1 aromatic rings. The molecule has 0 aromatic heterocycles. The minimum absolute atomic E-state index is 0.550. The summed E-state index contributed by atoms with van der Waals surface area (Å²) >= 11 is 0. The quantitative estimate of drug-likeness (QED) is 0.832. The lowest BCUT2D eigenvalue weighted by Crippen LogP contribution is -2.29. The summed E-state index contributed by atoms with van der Waals surface area (Å²) in [5.41, 5.74) is 3.04. The second-order valence-corrected chi connectivity index (χ2v) is 5.84. The molecule has 0 heterocycles. The first kappa shape index (κ1) is 13.6. The van der Waals surface area contributed by atoms with Crippen molar-refractivity contribution in [3.8, 4) is 0 Å². The maximum absolute atomic E-state index is 3.58. The monoisotopic (exact) mass is 245 g/mol. The van der Waals surface area contributed by atoms with Gasteiger partial charge in [0, 0.05) is 6.04 Å². The van der Waals surface area contributed by atoms with E-state index >= 15 is 0 Å². The van der Waals surface area contributed by atoms with Crippen molar-refractivity contribution in [1.82, 2.24) is 5.32 Å². The van der Waals surface area contributed by atoms with Gasteiger partial charge in [0.15, 0.2) is 0 Å². The van der Waals surface area contributed by atoms with Gasteiger partial charge >= 0.3 is 0 Å². The largest absolute Gasteiger partial charge is 0.313 e. The molecule has 1 aliphatic rings. The van der Waals surface area contributed by atoms with Crippen molar-refractivity contribution in [2.45, 2.75) is 52.0 Å². The average molecular weight is 245 g/mol. The highest BCUT2D eigenvalue weighted by Gasteiger charge is 2.27. The molecule has 0 radical (unpaired) electrons. The van der Waals surface area contributed by atoms with Gasteiger partial charge in [-0.25, -0.2) is 0 Å². The Kier molecular flexibility index (Phi) is 4.82. The molecular weight excluding hydrogens is 218 g/mol. The van der Waals surface area contributed by atoms with Gasteiger partial charge in [0.25, 0.3) is 0 Å². The summed E-state index contributed by atoms with van der Waals surface area (Å²) in [6, 6.07) is 9.50. The summed E-state index contributed by atoms with van der Waals surface area (Å²) in [6.07, 6.45) is 6.70. The first-order chi connectivity index (χ1) is 8.76. The van der Waals surface area contributed by atoms with Crippen molar-refractivity contribution in [3.05, 3.63) is 35.4 Å². The lowest BCUT2D eigenvalue weighted by Gasteiger charge is -2.33. The molecule has 0 aliphatic heterocycles. The lowest BCUT2D eigenvalue weighted by molar-refractivity contribution is 0.237. The zero-order valence-electron chi connectivity index (χ0n) is 12.1. The fraction of sp³-hybridized carbons (Fsp3) is 0.647. The fourth-order valence-corrected chi connectivity index (χ4v) is 3.42. The average Bonchev–Trinajstić information content (AvgIpc) is 2.42. The Balaban J connectivity index is 2.17. The van der Waals surface area contributed by atoms with Crippen molar-refractivity contribution in [2.24, 2.45) is 11.8 Å². The predicted molar refractivity (Wildman–Crippen MR) is 78.7 cm³/mol. The van der Waals surface area contributed by atoms with Gasteiger partial charge < -0.3 is 5.32 Å². The van der Waals surface area contributed by atoms with Gasteiger partial charge in [-0.1, -0.05) is 51.0 Å². The molecule has 2 rings (SSSR count). The van der Waals surface area contributed by atoms with Crippen molar-refractivity contribution in [3.63, 3.8) is 0 Å². The van der Waals surface area contributed by atoms with Crippen molar-refractivity contribution in [1.29, 1.82) is 0 Å². The van der Waals surface area contributed by atoms with Gasteiger partial charge in [-0.05, 0) is 49.3 Å². The van der Waals surface area contributed by atoms with Gasteiger partial charge in [-0.3, -0.25) is 0 Å². The summed E-state index contributed by atoms with van der Waals surface area (Å²) in [4.78, 5) is 0. The van der Waals surface area contributed by atoms with Crippen molar-refractivity contribution >= 4 is 0 Å². The molecule has 0 saturated heterocycles. The van der Waals surface area contributed by atoms with Crippen LogP contribution in [0.4, 0.5) is 0 Å². The van der Waals surface area contributed by atoms with E-state index in [1.54, 1.807) is 0 Å². The molecular formula is C17H27N. The molecule has 100 valence electrons. The van der Waals surface area contributed by atoms with Gasteiger partial charge in [-0.15, -0.1) is 0 Å². The SMILES string of the molecule is CCc1ccccc1C(NC)C1CCC(C)CC1. The van der Waals surface area contributed by atoms with Crippen LogP contribution in [-0.2, 0) is 6.42 Å². The van der Waals surface area contributed by atoms with Gasteiger partial charge in [-0.2, -0.15) is 0 Å². The number of rotatable bonds is 4. The van der Waals surface area contributed by atoms with Crippen LogP contribution in [-0.4, -0.2) is 7.05 Å². The minimum Gasteiger partial charge on any atom is -0.313 e. The molecule has 0 spiro atoms. The lowest BCUT2D eigenvalue weighted by atomic mass is 9.76. The van der Waals surface area contributed by atoms with E-state index in [0.717, 1.165) is 18.3 Å². The van der Waals surface area contributed by atoms with Crippen LogP contribution in [0.1, 0.15) is 56.7 Å². The van der Waals surface area contributed by atoms with Crippen molar-refractivity contribution in [2.75, 3.05) is 7.05 Å². The summed E-state index contributed by atoms with van der Waals surface area (Å²) < 4.78 is 0. The highest BCUT2D eigenvalue weighted by Crippen LogP contribution is 2.37. The zero-order chi connectivity index (χ0) is 13.0. The van der Waals surface area contributed by atoms with E-state index in [1.165, 1.54) is 36.8 Å². The molecule has 1 fully saturated rings. The first-order valence-electron chi connectivity index (χ1n) is 7.51. The number of hydrogen-bond acceptors (Lipinski definition) is 1.